The lowest BCUT2D eigenvalue weighted by molar-refractivity contribution is -0.120. The minimum absolute atomic E-state index is 0.0339. The van der Waals surface area contributed by atoms with Crippen LogP contribution in [0.3, 0.4) is 0 Å². The zero-order valence-corrected chi connectivity index (χ0v) is 17.0. The summed E-state index contributed by atoms with van der Waals surface area (Å²) in [6.45, 7) is 8.19. The summed E-state index contributed by atoms with van der Waals surface area (Å²) in [6, 6.07) is 14.1. The second kappa shape index (κ2) is 8.42. The zero-order valence-electron chi connectivity index (χ0n) is 16.2. The summed E-state index contributed by atoms with van der Waals surface area (Å²) in [7, 11) is 0. The molecular formula is C22H28ClN3O. The van der Waals surface area contributed by atoms with Crippen LogP contribution in [0.25, 0.3) is 0 Å². The third-order valence-electron chi connectivity index (χ3n) is 5.61. The molecule has 1 saturated heterocycles. The van der Waals surface area contributed by atoms with E-state index in [9.17, 15) is 4.79 Å². The van der Waals surface area contributed by atoms with E-state index in [1.165, 1.54) is 5.56 Å². The van der Waals surface area contributed by atoms with Crippen LogP contribution in [0.5, 0.6) is 0 Å². The predicted octanol–water partition coefficient (Wildman–Crippen LogP) is 3.96. The second-order valence-corrected chi connectivity index (χ2v) is 7.98. The van der Waals surface area contributed by atoms with Crippen molar-refractivity contribution in [3.63, 3.8) is 0 Å². The van der Waals surface area contributed by atoms with Gasteiger partial charge in [0.25, 0.3) is 0 Å². The molecule has 3 rings (SSSR count). The maximum absolute atomic E-state index is 12.9. The normalized spacial score (nSPS) is 21.2. The number of hydrogen-bond donors (Lipinski definition) is 2. The Hall–Kier alpha value is -1.88. The Morgan fingerprint density at radius 1 is 1.26 bits per heavy atom. The first-order valence-corrected chi connectivity index (χ1v) is 9.85. The van der Waals surface area contributed by atoms with Crippen molar-refractivity contribution in [1.82, 2.24) is 4.90 Å². The molecule has 4 nitrogen and oxygen atoms in total. The molecule has 1 fully saturated rings. The van der Waals surface area contributed by atoms with E-state index in [1.807, 2.05) is 39.0 Å². The van der Waals surface area contributed by atoms with Gasteiger partial charge in [-0.25, -0.2) is 0 Å². The standard InChI is InChI=1S/C22H28ClN3O/c1-14-9-15(2)21(20(23)10-14)25-22(27)16(3)26-12-18(11-24)19(13-26)17-7-5-4-6-8-17/h4-10,16,18-19H,11-13,24H2,1-3H3,(H,25,27)/t16?,18-,19+/m1/s1. The number of amides is 1. The predicted molar refractivity (Wildman–Crippen MR) is 112 cm³/mol. The van der Waals surface area contributed by atoms with Gasteiger partial charge < -0.3 is 11.1 Å². The molecule has 1 amide bonds. The molecule has 2 aromatic carbocycles. The number of anilines is 1. The molecule has 2 aromatic rings. The minimum atomic E-state index is -0.246. The lowest BCUT2D eigenvalue weighted by atomic mass is 9.89. The van der Waals surface area contributed by atoms with Crippen molar-refractivity contribution in [2.45, 2.75) is 32.7 Å². The highest BCUT2D eigenvalue weighted by Crippen LogP contribution is 2.34. The maximum Gasteiger partial charge on any atom is 0.241 e. The summed E-state index contributed by atoms with van der Waals surface area (Å²) in [5, 5.41) is 3.61. The van der Waals surface area contributed by atoms with Gasteiger partial charge in [-0.1, -0.05) is 48.0 Å². The molecule has 1 unspecified atom stereocenters. The molecule has 3 atom stereocenters. The molecule has 144 valence electrons. The van der Waals surface area contributed by atoms with Crippen molar-refractivity contribution in [2.24, 2.45) is 11.7 Å². The second-order valence-electron chi connectivity index (χ2n) is 7.57. The Morgan fingerprint density at radius 2 is 1.96 bits per heavy atom. The molecular weight excluding hydrogens is 358 g/mol. The minimum Gasteiger partial charge on any atom is -0.330 e. The van der Waals surface area contributed by atoms with E-state index >= 15 is 0 Å². The number of rotatable bonds is 5. The summed E-state index contributed by atoms with van der Waals surface area (Å²) in [5.74, 6) is 0.678. The molecule has 0 saturated carbocycles. The van der Waals surface area contributed by atoms with E-state index in [-0.39, 0.29) is 11.9 Å². The number of halogens is 1. The first-order valence-electron chi connectivity index (χ1n) is 9.47. The third kappa shape index (κ3) is 4.34. The van der Waals surface area contributed by atoms with E-state index in [1.54, 1.807) is 0 Å². The fourth-order valence-electron chi connectivity index (χ4n) is 4.01. The van der Waals surface area contributed by atoms with Gasteiger partial charge in [0.15, 0.2) is 0 Å². The molecule has 0 spiro atoms. The average molecular weight is 386 g/mol. The number of nitrogens with two attached hydrogens (primary N) is 1. The molecule has 5 heteroatoms. The molecule has 1 aliphatic rings. The van der Waals surface area contributed by atoms with Crippen LogP contribution in [0.15, 0.2) is 42.5 Å². The van der Waals surface area contributed by atoms with Crippen LogP contribution in [-0.4, -0.2) is 36.5 Å². The zero-order chi connectivity index (χ0) is 19.6. The number of hydrogen-bond acceptors (Lipinski definition) is 3. The number of carbonyl (C=O) groups excluding carboxylic acids is 1. The van der Waals surface area contributed by atoms with Crippen LogP contribution >= 0.6 is 11.6 Å². The van der Waals surface area contributed by atoms with Crippen LogP contribution in [0.2, 0.25) is 5.02 Å². The largest absolute Gasteiger partial charge is 0.330 e. The van der Waals surface area contributed by atoms with Crippen LogP contribution in [0.4, 0.5) is 5.69 Å². The summed E-state index contributed by atoms with van der Waals surface area (Å²) in [4.78, 5) is 15.1. The lowest BCUT2D eigenvalue weighted by Crippen LogP contribution is -2.41. The summed E-state index contributed by atoms with van der Waals surface area (Å²) in [5.41, 5.74) is 10.1. The van der Waals surface area contributed by atoms with Crippen molar-refractivity contribution in [3.05, 3.63) is 64.2 Å². The highest BCUT2D eigenvalue weighted by molar-refractivity contribution is 6.34. The summed E-state index contributed by atoms with van der Waals surface area (Å²) >= 11 is 6.35. The van der Waals surface area contributed by atoms with Gasteiger partial charge in [0.05, 0.1) is 16.8 Å². The van der Waals surface area contributed by atoms with Crippen LogP contribution in [0.1, 0.15) is 29.5 Å². The van der Waals surface area contributed by atoms with Gasteiger partial charge in [-0.2, -0.15) is 0 Å². The van der Waals surface area contributed by atoms with Crippen molar-refractivity contribution in [3.8, 4) is 0 Å². The summed E-state index contributed by atoms with van der Waals surface area (Å²) < 4.78 is 0. The highest BCUT2D eigenvalue weighted by atomic mass is 35.5. The van der Waals surface area contributed by atoms with Crippen molar-refractivity contribution in [1.29, 1.82) is 0 Å². The molecule has 1 heterocycles. The first-order chi connectivity index (χ1) is 12.9. The van der Waals surface area contributed by atoms with E-state index < -0.39 is 0 Å². The SMILES string of the molecule is Cc1cc(C)c(NC(=O)C(C)N2C[C@@H](CN)[C@H](c3ccccc3)C2)c(Cl)c1. The first kappa shape index (κ1) is 19.9. The molecule has 0 aliphatic carbocycles. The van der Waals surface area contributed by atoms with Gasteiger partial charge in [0.1, 0.15) is 0 Å². The van der Waals surface area contributed by atoms with E-state index in [2.05, 4.69) is 34.5 Å². The molecule has 0 radical (unpaired) electrons. The molecule has 1 aliphatic heterocycles. The Kier molecular flexibility index (Phi) is 6.20. The van der Waals surface area contributed by atoms with Gasteiger partial charge >= 0.3 is 0 Å². The maximum atomic E-state index is 12.9. The number of benzene rings is 2. The monoisotopic (exact) mass is 385 g/mol. The van der Waals surface area contributed by atoms with Crippen LogP contribution < -0.4 is 11.1 Å². The number of aryl methyl sites for hydroxylation is 2. The Labute approximate surface area is 166 Å². The Balaban J connectivity index is 1.72. The van der Waals surface area contributed by atoms with Gasteiger partial charge in [0, 0.05) is 19.0 Å². The Bertz CT molecular complexity index is 785. The van der Waals surface area contributed by atoms with Crippen molar-refractivity contribution in [2.75, 3.05) is 25.0 Å². The van der Waals surface area contributed by atoms with Gasteiger partial charge in [0.2, 0.25) is 5.91 Å². The summed E-state index contributed by atoms with van der Waals surface area (Å²) in [6.07, 6.45) is 0. The van der Waals surface area contributed by atoms with E-state index in [0.29, 0.717) is 29.1 Å². The van der Waals surface area contributed by atoms with Gasteiger partial charge in [-0.05, 0) is 56.0 Å². The number of nitrogens with one attached hydrogen (secondary N) is 1. The number of nitrogens with zero attached hydrogens (tertiary/aromatic N) is 1. The van der Waals surface area contributed by atoms with E-state index in [4.69, 9.17) is 17.3 Å². The molecule has 3 N–H and O–H groups in total. The van der Waals surface area contributed by atoms with Crippen molar-refractivity contribution < 1.29 is 4.79 Å². The quantitative estimate of drug-likeness (QED) is 0.819. The number of likely N-dealkylation sites (tertiary alicyclic amines) is 1. The fourth-order valence-corrected chi connectivity index (χ4v) is 4.37. The fraction of sp³-hybridized carbons (Fsp3) is 0.409. The smallest absolute Gasteiger partial charge is 0.241 e. The van der Waals surface area contributed by atoms with Crippen molar-refractivity contribution >= 4 is 23.2 Å². The van der Waals surface area contributed by atoms with Gasteiger partial charge in [-0.3, -0.25) is 9.69 Å². The average Bonchev–Trinajstić information content (AvgIpc) is 3.09. The molecule has 0 aromatic heterocycles. The van der Waals surface area contributed by atoms with Gasteiger partial charge in [-0.15, -0.1) is 0 Å². The Morgan fingerprint density at radius 3 is 2.59 bits per heavy atom. The molecule has 27 heavy (non-hydrogen) atoms. The topological polar surface area (TPSA) is 58.4 Å². The van der Waals surface area contributed by atoms with Crippen LogP contribution in [0, 0.1) is 19.8 Å². The number of carbonyl (C=O) groups is 1. The lowest BCUT2D eigenvalue weighted by Gasteiger charge is -2.24. The highest BCUT2D eigenvalue weighted by Gasteiger charge is 2.37. The van der Waals surface area contributed by atoms with E-state index in [0.717, 1.165) is 24.2 Å². The molecule has 0 bridgehead atoms. The van der Waals surface area contributed by atoms with Crippen LogP contribution in [-0.2, 0) is 4.79 Å². The third-order valence-corrected chi connectivity index (χ3v) is 5.90.